The molecule has 27 heavy (non-hydrogen) atoms. The molecule has 0 bridgehead atoms. The number of aliphatic hydroxyl groups excluding tert-OH is 1. The van der Waals surface area contributed by atoms with Crippen LogP contribution in [-0.2, 0) is 10.0 Å². The quantitative estimate of drug-likeness (QED) is 0.755. The van der Waals surface area contributed by atoms with Crippen molar-refractivity contribution in [1.29, 1.82) is 0 Å². The third-order valence-corrected chi connectivity index (χ3v) is 6.95. The van der Waals surface area contributed by atoms with Gasteiger partial charge in [0.05, 0.1) is 16.9 Å². The Hall–Kier alpha value is -1.31. The number of rotatable bonds is 6. The average molecular weight is 430 g/mol. The lowest BCUT2D eigenvalue weighted by Gasteiger charge is -2.32. The van der Waals surface area contributed by atoms with Gasteiger partial charge in [-0.1, -0.05) is 53.5 Å². The summed E-state index contributed by atoms with van der Waals surface area (Å²) in [7, 11) is -3.56. The van der Waals surface area contributed by atoms with Gasteiger partial charge in [0.2, 0.25) is 10.0 Å². The SMILES string of the molecule is O=S(=O)(C[C@H](O)c1ccccc1)N1CCC(Oc2ccc(Cl)cc2Cl)CC1. The molecule has 2 aromatic carbocycles. The summed E-state index contributed by atoms with van der Waals surface area (Å²) in [5.74, 6) is 0.216. The molecule has 1 aliphatic rings. The van der Waals surface area contributed by atoms with E-state index in [-0.39, 0.29) is 11.9 Å². The number of aliphatic hydroxyl groups is 1. The van der Waals surface area contributed by atoms with E-state index in [1.54, 1.807) is 42.5 Å². The Bertz CT molecular complexity index is 869. The topological polar surface area (TPSA) is 66.8 Å². The van der Waals surface area contributed by atoms with Gasteiger partial charge in [0.1, 0.15) is 11.9 Å². The molecule has 146 valence electrons. The van der Waals surface area contributed by atoms with Gasteiger partial charge < -0.3 is 9.84 Å². The number of ether oxygens (including phenoxy) is 1. The van der Waals surface area contributed by atoms with Gasteiger partial charge in [-0.3, -0.25) is 0 Å². The Kier molecular flexibility index (Phi) is 6.65. The lowest BCUT2D eigenvalue weighted by molar-refractivity contribution is 0.134. The van der Waals surface area contributed by atoms with E-state index < -0.39 is 16.1 Å². The Morgan fingerprint density at radius 1 is 1.11 bits per heavy atom. The van der Waals surface area contributed by atoms with Crippen LogP contribution in [0.1, 0.15) is 24.5 Å². The number of nitrogens with zero attached hydrogens (tertiary/aromatic N) is 1. The molecule has 0 unspecified atom stereocenters. The summed E-state index contributed by atoms with van der Waals surface area (Å²) in [6, 6.07) is 13.8. The summed E-state index contributed by atoms with van der Waals surface area (Å²) in [4.78, 5) is 0. The average Bonchev–Trinajstić information content (AvgIpc) is 2.65. The summed E-state index contributed by atoms with van der Waals surface area (Å²) in [5.41, 5.74) is 0.594. The standard InChI is InChI=1S/C19H21Cl2NO4S/c20-15-6-7-19(17(21)12-15)26-16-8-10-22(11-9-16)27(24,25)13-18(23)14-4-2-1-3-5-14/h1-7,12,16,18,23H,8-11,13H2/t18-/m0/s1. The van der Waals surface area contributed by atoms with Crippen LogP contribution in [-0.4, -0.2) is 42.8 Å². The van der Waals surface area contributed by atoms with Crippen LogP contribution in [0.5, 0.6) is 5.75 Å². The smallest absolute Gasteiger partial charge is 0.217 e. The summed E-state index contributed by atoms with van der Waals surface area (Å²) >= 11 is 12.0. The van der Waals surface area contributed by atoms with Crippen molar-refractivity contribution >= 4 is 33.2 Å². The molecule has 0 radical (unpaired) electrons. The van der Waals surface area contributed by atoms with Gasteiger partial charge in [0, 0.05) is 18.1 Å². The van der Waals surface area contributed by atoms with Crippen molar-refractivity contribution in [2.75, 3.05) is 18.8 Å². The van der Waals surface area contributed by atoms with E-state index in [2.05, 4.69) is 0 Å². The molecular weight excluding hydrogens is 409 g/mol. The highest BCUT2D eigenvalue weighted by molar-refractivity contribution is 7.89. The van der Waals surface area contributed by atoms with Crippen LogP contribution in [0.3, 0.4) is 0 Å². The Morgan fingerprint density at radius 2 is 1.78 bits per heavy atom. The molecule has 1 saturated heterocycles. The first-order valence-electron chi connectivity index (χ1n) is 8.68. The Labute approximate surface area is 169 Å². The van der Waals surface area contributed by atoms with E-state index in [1.165, 1.54) is 4.31 Å². The second-order valence-electron chi connectivity index (χ2n) is 6.50. The summed E-state index contributed by atoms with van der Waals surface area (Å²) in [6.45, 7) is 0.694. The number of benzene rings is 2. The molecular formula is C19H21Cl2NO4S. The Morgan fingerprint density at radius 3 is 2.41 bits per heavy atom. The maximum atomic E-state index is 12.6. The highest BCUT2D eigenvalue weighted by atomic mass is 35.5. The van der Waals surface area contributed by atoms with Gasteiger partial charge in [-0.25, -0.2) is 12.7 Å². The second kappa shape index (κ2) is 8.80. The van der Waals surface area contributed by atoms with Crippen molar-refractivity contribution in [3.05, 3.63) is 64.1 Å². The monoisotopic (exact) mass is 429 g/mol. The highest BCUT2D eigenvalue weighted by Gasteiger charge is 2.31. The number of hydrogen-bond donors (Lipinski definition) is 1. The second-order valence-corrected chi connectivity index (χ2v) is 9.35. The number of sulfonamides is 1. The fraction of sp³-hybridized carbons (Fsp3) is 0.368. The minimum absolute atomic E-state index is 0.117. The van der Waals surface area contributed by atoms with E-state index in [9.17, 15) is 13.5 Å². The van der Waals surface area contributed by atoms with Crippen molar-refractivity contribution in [2.45, 2.75) is 25.0 Å². The predicted molar refractivity (Wildman–Crippen MR) is 107 cm³/mol. The van der Waals surface area contributed by atoms with E-state index in [0.717, 1.165) is 0 Å². The summed E-state index contributed by atoms with van der Waals surface area (Å²) in [5, 5.41) is 11.2. The molecule has 8 heteroatoms. The van der Waals surface area contributed by atoms with Crippen LogP contribution < -0.4 is 4.74 Å². The maximum absolute atomic E-state index is 12.6. The minimum Gasteiger partial charge on any atom is -0.489 e. The third-order valence-electron chi connectivity index (χ3n) is 4.53. The number of hydrogen-bond acceptors (Lipinski definition) is 4. The summed E-state index contributed by atoms with van der Waals surface area (Å²) < 4.78 is 32.5. The number of halogens is 2. The zero-order chi connectivity index (χ0) is 19.4. The van der Waals surface area contributed by atoms with Crippen LogP contribution in [0, 0.1) is 0 Å². The van der Waals surface area contributed by atoms with Gasteiger partial charge in [-0.2, -0.15) is 0 Å². The first-order valence-corrected chi connectivity index (χ1v) is 11.0. The molecule has 0 aliphatic carbocycles. The molecule has 0 saturated carbocycles. The van der Waals surface area contributed by atoms with Crippen LogP contribution in [0.2, 0.25) is 10.0 Å². The molecule has 1 atom stereocenters. The first kappa shape index (κ1) is 20.4. The molecule has 5 nitrogen and oxygen atoms in total. The van der Waals surface area contributed by atoms with Crippen LogP contribution in [0.4, 0.5) is 0 Å². The zero-order valence-corrected chi connectivity index (χ0v) is 16.9. The molecule has 0 spiro atoms. The molecule has 0 aromatic heterocycles. The minimum atomic E-state index is -3.56. The van der Waals surface area contributed by atoms with Crippen molar-refractivity contribution in [3.63, 3.8) is 0 Å². The molecule has 2 aromatic rings. The van der Waals surface area contributed by atoms with Gasteiger partial charge in [0.25, 0.3) is 0 Å². The normalized spacial score (nSPS) is 17.6. The molecule has 1 fully saturated rings. The lowest BCUT2D eigenvalue weighted by Crippen LogP contribution is -2.43. The van der Waals surface area contributed by atoms with Gasteiger partial charge >= 0.3 is 0 Å². The first-order chi connectivity index (χ1) is 12.8. The molecule has 1 aliphatic heterocycles. The van der Waals surface area contributed by atoms with Gasteiger partial charge in [0.15, 0.2) is 0 Å². The van der Waals surface area contributed by atoms with Gasteiger partial charge in [-0.15, -0.1) is 0 Å². The Balaban J connectivity index is 1.56. The summed E-state index contributed by atoms with van der Waals surface area (Å²) in [6.07, 6.45) is -0.0496. The predicted octanol–water partition coefficient (Wildman–Crippen LogP) is 3.90. The van der Waals surface area contributed by atoms with Crippen LogP contribution in [0.15, 0.2) is 48.5 Å². The lowest BCUT2D eigenvalue weighted by atomic mass is 10.1. The molecule has 3 rings (SSSR count). The van der Waals surface area contributed by atoms with Crippen molar-refractivity contribution in [3.8, 4) is 5.75 Å². The maximum Gasteiger partial charge on any atom is 0.217 e. The third kappa shape index (κ3) is 5.36. The van der Waals surface area contributed by atoms with E-state index in [1.807, 2.05) is 6.07 Å². The van der Waals surface area contributed by atoms with Crippen LogP contribution >= 0.6 is 23.2 Å². The zero-order valence-electron chi connectivity index (χ0n) is 14.6. The van der Waals surface area contributed by atoms with Crippen molar-refractivity contribution in [2.24, 2.45) is 0 Å². The van der Waals surface area contributed by atoms with Crippen molar-refractivity contribution in [1.82, 2.24) is 4.31 Å². The molecule has 1 N–H and O–H groups in total. The van der Waals surface area contributed by atoms with E-state index >= 15 is 0 Å². The van der Waals surface area contributed by atoms with E-state index in [0.29, 0.717) is 47.3 Å². The molecule has 1 heterocycles. The molecule has 0 amide bonds. The largest absolute Gasteiger partial charge is 0.489 e. The van der Waals surface area contributed by atoms with E-state index in [4.69, 9.17) is 27.9 Å². The number of piperidine rings is 1. The van der Waals surface area contributed by atoms with Gasteiger partial charge in [-0.05, 0) is 36.6 Å². The fourth-order valence-electron chi connectivity index (χ4n) is 3.05. The van der Waals surface area contributed by atoms with Crippen molar-refractivity contribution < 1.29 is 18.3 Å². The fourth-order valence-corrected chi connectivity index (χ4v) is 5.08. The highest BCUT2D eigenvalue weighted by Crippen LogP contribution is 2.30. The van der Waals surface area contributed by atoms with Crippen LogP contribution in [0.25, 0.3) is 0 Å².